The summed E-state index contributed by atoms with van der Waals surface area (Å²) >= 11 is 0. The number of hydrogen-bond donors (Lipinski definition) is 1. The van der Waals surface area contributed by atoms with Gasteiger partial charge in [0, 0.05) is 6.42 Å². The highest BCUT2D eigenvalue weighted by Crippen LogP contribution is 1.87. The van der Waals surface area contributed by atoms with Crippen LogP contribution in [0, 0.1) is 12.3 Å². The number of terminal acetylenes is 1. The summed E-state index contributed by atoms with van der Waals surface area (Å²) in [4.78, 5) is 10.5. The summed E-state index contributed by atoms with van der Waals surface area (Å²) < 4.78 is 4.31. The fourth-order valence-electron chi connectivity index (χ4n) is 0.362. The summed E-state index contributed by atoms with van der Waals surface area (Å²) in [7, 11) is 1.28. The van der Waals surface area contributed by atoms with Crippen molar-refractivity contribution in [1.82, 2.24) is 0 Å². The second kappa shape index (κ2) is 3.93. The molecule has 0 heterocycles. The van der Waals surface area contributed by atoms with Gasteiger partial charge >= 0.3 is 5.97 Å². The zero-order valence-electron chi connectivity index (χ0n) is 5.26. The van der Waals surface area contributed by atoms with Gasteiger partial charge in [-0.15, -0.1) is 12.3 Å². The topological polar surface area (TPSA) is 52.3 Å². The van der Waals surface area contributed by atoms with Crippen LogP contribution in [0.3, 0.4) is 0 Å². The largest absolute Gasteiger partial charge is 0.468 e. The smallest absolute Gasteiger partial charge is 0.323 e. The van der Waals surface area contributed by atoms with Crippen molar-refractivity contribution in [3.8, 4) is 12.3 Å². The molecule has 0 fully saturated rings. The van der Waals surface area contributed by atoms with Crippen LogP contribution < -0.4 is 5.73 Å². The van der Waals surface area contributed by atoms with Gasteiger partial charge < -0.3 is 10.5 Å². The van der Waals surface area contributed by atoms with Gasteiger partial charge in [0.25, 0.3) is 0 Å². The predicted molar refractivity (Wildman–Crippen MR) is 33.4 cm³/mol. The van der Waals surface area contributed by atoms with Gasteiger partial charge in [-0.2, -0.15) is 0 Å². The molecule has 0 unspecified atom stereocenters. The maximum atomic E-state index is 10.5. The highest BCUT2D eigenvalue weighted by molar-refractivity contribution is 5.75. The fourth-order valence-corrected chi connectivity index (χ4v) is 0.362. The molecule has 9 heavy (non-hydrogen) atoms. The number of carbonyl (C=O) groups excluding carboxylic acids is 1. The molecule has 0 aromatic heterocycles. The molecule has 0 amide bonds. The number of nitrogens with two attached hydrogens (primary N) is 1. The van der Waals surface area contributed by atoms with E-state index in [2.05, 4.69) is 10.7 Å². The minimum atomic E-state index is -0.667. The molecule has 0 aromatic rings. The van der Waals surface area contributed by atoms with Crippen molar-refractivity contribution in [2.45, 2.75) is 12.5 Å². The quantitative estimate of drug-likeness (QED) is 0.402. The fraction of sp³-hybridized carbons (Fsp3) is 0.500. The highest BCUT2D eigenvalue weighted by Gasteiger charge is 2.10. The zero-order chi connectivity index (χ0) is 7.28. The Bertz CT molecular complexity index is 136. The first-order chi connectivity index (χ1) is 4.22. The van der Waals surface area contributed by atoms with Crippen molar-refractivity contribution in [3.05, 3.63) is 0 Å². The minimum absolute atomic E-state index is 0.229. The van der Waals surface area contributed by atoms with Gasteiger partial charge in [0.15, 0.2) is 0 Å². The van der Waals surface area contributed by atoms with Crippen LogP contribution in [0.4, 0.5) is 0 Å². The summed E-state index contributed by atoms with van der Waals surface area (Å²) in [5.41, 5.74) is 5.22. The molecule has 0 aromatic carbocycles. The van der Waals surface area contributed by atoms with Crippen LogP contribution in [0.2, 0.25) is 0 Å². The average Bonchev–Trinajstić information content (AvgIpc) is 1.87. The summed E-state index contributed by atoms with van der Waals surface area (Å²) in [5, 5.41) is 0. The van der Waals surface area contributed by atoms with E-state index in [4.69, 9.17) is 12.2 Å². The normalized spacial score (nSPS) is 11.7. The molecule has 0 saturated heterocycles. The van der Waals surface area contributed by atoms with E-state index in [1.165, 1.54) is 7.11 Å². The van der Waals surface area contributed by atoms with Gasteiger partial charge in [-0.05, 0) is 0 Å². The number of ether oxygens (including phenoxy) is 1. The first-order valence-electron chi connectivity index (χ1n) is 2.49. The van der Waals surface area contributed by atoms with E-state index in [9.17, 15) is 4.79 Å². The summed E-state index contributed by atoms with van der Waals surface area (Å²) in [6.45, 7) is 0. The van der Waals surface area contributed by atoms with Crippen molar-refractivity contribution in [1.29, 1.82) is 0 Å². The van der Waals surface area contributed by atoms with Gasteiger partial charge in [0.05, 0.1) is 7.11 Å². The van der Waals surface area contributed by atoms with Crippen LogP contribution in [0.15, 0.2) is 0 Å². The molecular weight excluding hydrogens is 118 g/mol. The van der Waals surface area contributed by atoms with E-state index in [1.54, 1.807) is 0 Å². The van der Waals surface area contributed by atoms with E-state index >= 15 is 0 Å². The van der Waals surface area contributed by atoms with Gasteiger partial charge in [-0.25, -0.2) is 0 Å². The second-order valence-electron chi connectivity index (χ2n) is 1.54. The Balaban J connectivity index is 3.62. The standard InChI is InChI=1S/C6H9NO2/c1-3-4-5(7)6(8)9-2/h1,5H,4,7H2,2H3/t5-/m0/s1. The Morgan fingerprint density at radius 1 is 2.00 bits per heavy atom. The third-order valence-corrected chi connectivity index (χ3v) is 0.842. The van der Waals surface area contributed by atoms with Crippen molar-refractivity contribution in [2.24, 2.45) is 5.73 Å². The predicted octanol–water partition coefficient (Wildman–Crippen LogP) is -0.490. The average molecular weight is 127 g/mol. The molecule has 0 bridgehead atoms. The van der Waals surface area contributed by atoms with Crippen LogP contribution >= 0.6 is 0 Å². The van der Waals surface area contributed by atoms with Crippen molar-refractivity contribution in [2.75, 3.05) is 7.11 Å². The number of esters is 1. The molecule has 3 heteroatoms. The van der Waals surface area contributed by atoms with Crippen molar-refractivity contribution >= 4 is 5.97 Å². The molecular formula is C6H9NO2. The molecule has 0 radical (unpaired) electrons. The summed E-state index contributed by atoms with van der Waals surface area (Å²) in [6.07, 6.45) is 5.11. The van der Waals surface area contributed by atoms with Gasteiger partial charge in [-0.3, -0.25) is 4.79 Å². The van der Waals surface area contributed by atoms with Gasteiger partial charge in [0.1, 0.15) is 6.04 Å². The van der Waals surface area contributed by atoms with Crippen molar-refractivity contribution < 1.29 is 9.53 Å². The molecule has 0 aliphatic rings. The van der Waals surface area contributed by atoms with Crippen molar-refractivity contribution in [3.63, 3.8) is 0 Å². The third kappa shape index (κ3) is 2.73. The van der Waals surface area contributed by atoms with E-state index < -0.39 is 12.0 Å². The summed E-state index contributed by atoms with van der Waals surface area (Å²) in [5.74, 6) is 1.79. The Kier molecular flexibility index (Phi) is 3.49. The van der Waals surface area contributed by atoms with E-state index in [0.29, 0.717) is 0 Å². The Labute approximate surface area is 54.2 Å². The lowest BCUT2D eigenvalue weighted by atomic mass is 10.2. The maximum absolute atomic E-state index is 10.5. The minimum Gasteiger partial charge on any atom is -0.468 e. The number of hydrogen-bond acceptors (Lipinski definition) is 3. The molecule has 2 N–H and O–H groups in total. The monoisotopic (exact) mass is 127 g/mol. The van der Waals surface area contributed by atoms with Crippen LogP contribution in [-0.4, -0.2) is 19.1 Å². The lowest BCUT2D eigenvalue weighted by Gasteiger charge is -2.02. The first-order valence-corrected chi connectivity index (χ1v) is 2.49. The summed E-state index contributed by atoms with van der Waals surface area (Å²) in [6, 6.07) is -0.667. The maximum Gasteiger partial charge on any atom is 0.323 e. The lowest BCUT2D eigenvalue weighted by molar-refractivity contribution is -0.142. The third-order valence-electron chi connectivity index (χ3n) is 0.842. The molecule has 50 valence electrons. The highest BCUT2D eigenvalue weighted by atomic mass is 16.5. The van der Waals surface area contributed by atoms with Crippen LogP contribution in [0.25, 0.3) is 0 Å². The molecule has 0 saturated carbocycles. The SMILES string of the molecule is C#CC[C@H](N)C(=O)OC. The van der Waals surface area contributed by atoms with Crippen LogP contribution in [0.1, 0.15) is 6.42 Å². The Morgan fingerprint density at radius 2 is 2.56 bits per heavy atom. The zero-order valence-corrected chi connectivity index (χ0v) is 5.26. The van der Waals surface area contributed by atoms with Gasteiger partial charge in [-0.1, -0.05) is 0 Å². The Hall–Kier alpha value is -1.01. The molecule has 0 aliphatic carbocycles. The van der Waals surface area contributed by atoms with E-state index in [0.717, 1.165) is 0 Å². The van der Waals surface area contributed by atoms with Crippen LogP contribution in [0.5, 0.6) is 0 Å². The molecule has 0 rings (SSSR count). The molecule has 0 spiro atoms. The second-order valence-corrected chi connectivity index (χ2v) is 1.54. The number of methoxy groups -OCH3 is 1. The van der Waals surface area contributed by atoms with E-state index in [-0.39, 0.29) is 6.42 Å². The number of carbonyl (C=O) groups is 1. The lowest BCUT2D eigenvalue weighted by Crippen LogP contribution is -2.30. The van der Waals surface area contributed by atoms with E-state index in [1.807, 2.05) is 0 Å². The van der Waals surface area contributed by atoms with Crippen LogP contribution in [-0.2, 0) is 9.53 Å². The molecule has 3 nitrogen and oxygen atoms in total. The Morgan fingerprint density at radius 3 is 2.89 bits per heavy atom. The molecule has 0 aliphatic heterocycles. The number of rotatable bonds is 2. The van der Waals surface area contributed by atoms with Gasteiger partial charge in [0.2, 0.25) is 0 Å². The molecule has 1 atom stereocenters. The first kappa shape index (κ1) is 7.99.